The number of aryl methyl sites for hydroxylation is 3. The first-order chi connectivity index (χ1) is 7.16. The average molecular weight is 223 g/mol. The third-order valence-corrected chi connectivity index (χ3v) is 2.64. The minimum atomic E-state index is 0.677. The molecule has 2 aromatic rings. The number of aromatic amines is 1. The van der Waals surface area contributed by atoms with Crippen LogP contribution in [0.15, 0.2) is 12.4 Å². The second kappa shape index (κ2) is 3.98. The van der Waals surface area contributed by atoms with E-state index in [9.17, 15) is 0 Å². The van der Waals surface area contributed by atoms with Gasteiger partial charge >= 0.3 is 0 Å². The summed E-state index contributed by atoms with van der Waals surface area (Å²) in [5.41, 5.74) is 1.21. The smallest absolute Gasteiger partial charge is 0.195 e. The standard InChI is InChI=1S/C9H13N5S/c1-7-11-12-9(15)14(7)4-3-8-5-10-13(2)6-8/h5-6H,3-4H2,1-2H3,(H,12,15). The minimum Gasteiger partial charge on any atom is -0.304 e. The molecule has 0 radical (unpaired) electrons. The topological polar surface area (TPSA) is 51.4 Å². The van der Waals surface area contributed by atoms with E-state index < -0.39 is 0 Å². The molecule has 0 aliphatic rings. The monoisotopic (exact) mass is 223 g/mol. The van der Waals surface area contributed by atoms with Gasteiger partial charge in [-0.25, -0.2) is 0 Å². The Morgan fingerprint density at radius 2 is 2.33 bits per heavy atom. The molecule has 5 nitrogen and oxygen atoms in total. The highest BCUT2D eigenvalue weighted by atomic mass is 32.1. The van der Waals surface area contributed by atoms with Gasteiger partial charge in [0.25, 0.3) is 0 Å². The molecular weight excluding hydrogens is 210 g/mol. The molecule has 0 fully saturated rings. The molecule has 0 saturated heterocycles. The fourth-order valence-corrected chi connectivity index (χ4v) is 1.77. The zero-order chi connectivity index (χ0) is 10.8. The van der Waals surface area contributed by atoms with E-state index in [2.05, 4.69) is 15.3 Å². The van der Waals surface area contributed by atoms with Crippen molar-refractivity contribution in [2.45, 2.75) is 19.9 Å². The first-order valence-electron chi connectivity index (χ1n) is 4.76. The third-order valence-electron chi connectivity index (χ3n) is 2.33. The van der Waals surface area contributed by atoms with Gasteiger partial charge in [-0.15, -0.1) is 0 Å². The molecular formula is C9H13N5S. The molecule has 2 rings (SSSR count). The summed E-state index contributed by atoms with van der Waals surface area (Å²) in [5, 5.41) is 11.0. The van der Waals surface area contributed by atoms with Crippen LogP contribution in [0.2, 0.25) is 0 Å². The highest BCUT2D eigenvalue weighted by molar-refractivity contribution is 7.71. The Morgan fingerprint density at radius 3 is 2.87 bits per heavy atom. The summed E-state index contributed by atoms with van der Waals surface area (Å²) in [6.45, 7) is 2.78. The Labute approximate surface area is 92.7 Å². The number of H-pyrrole nitrogens is 1. The van der Waals surface area contributed by atoms with E-state index >= 15 is 0 Å². The van der Waals surface area contributed by atoms with Gasteiger partial charge in [0.2, 0.25) is 0 Å². The first kappa shape index (κ1) is 10.1. The van der Waals surface area contributed by atoms with Gasteiger partial charge in [0.15, 0.2) is 4.77 Å². The molecule has 0 saturated carbocycles. The summed E-state index contributed by atoms with van der Waals surface area (Å²) in [7, 11) is 1.91. The normalized spacial score (nSPS) is 10.8. The second-order valence-electron chi connectivity index (χ2n) is 3.50. The first-order valence-corrected chi connectivity index (χ1v) is 5.17. The van der Waals surface area contributed by atoms with Gasteiger partial charge in [0, 0.05) is 19.8 Å². The number of aromatic nitrogens is 5. The van der Waals surface area contributed by atoms with Gasteiger partial charge in [-0.05, 0) is 31.1 Å². The SMILES string of the molecule is Cc1n[nH]c(=S)n1CCc1cnn(C)c1. The van der Waals surface area contributed by atoms with E-state index in [0.717, 1.165) is 18.8 Å². The van der Waals surface area contributed by atoms with Crippen LogP contribution in [0.1, 0.15) is 11.4 Å². The molecule has 80 valence electrons. The largest absolute Gasteiger partial charge is 0.304 e. The predicted molar refractivity (Wildman–Crippen MR) is 59.1 cm³/mol. The van der Waals surface area contributed by atoms with Gasteiger partial charge < -0.3 is 4.57 Å². The van der Waals surface area contributed by atoms with Gasteiger partial charge in [0.05, 0.1) is 6.20 Å². The molecule has 15 heavy (non-hydrogen) atoms. The van der Waals surface area contributed by atoms with Crippen molar-refractivity contribution in [3.05, 3.63) is 28.6 Å². The lowest BCUT2D eigenvalue weighted by molar-refractivity contribution is 0.664. The lowest BCUT2D eigenvalue weighted by Gasteiger charge is -2.01. The quantitative estimate of drug-likeness (QED) is 0.796. The highest BCUT2D eigenvalue weighted by Crippen LogP contribution is 2.02. The van der Waals surface area contributed by atoms with Crippen molar-refractivity contribution in [2.24, 2.45) is 7.05 Å². The Kier molecular flexibility index (Phi) is 2.68. The lowest BCUT2D eigenvalue weighted by Crippen LogP contribution is -2.03. The van der Waals surface area contributed by atoms with Crippen molar-refractivity contribution in [3.63, 3.8) is 0 Å². The van der Waals surface area contributed by atoms with Crippen molar-refractivity contribution in [2.75, 3.05) is 0 Å². The van der Waals surface area contributed by atoms with E-state index in [1.807, 2.05) is 30.9 Å². The summed E-state index contributed by atoms with van der Waals surface area (Å²) in [6, 6.07) is 0. The van der Waals surface area contributed by atoms with Gasteiger partial charge in [-0.3, -0.25) is 9.78 Å². The van der Waals surface area contributed by atoms with Crippen LogP contribution < -0.4 is 0 Å². The summed E-state index contributed by atoms with van der Waals surface area (Å²) in [6.07, 6.45) is 4.81. The van der Waals surface area contributed by atoms with Crippen molar-refractivity contribution in [1.29, 1.82) is 0 Å². The summed E-state index contributed by atoms with van der Waals surface area (Å²) in [5.74, 6) is 0.920. The number of hydrogen-bond acceptors (Lipinski definition) is 3. The molecule has 6 heteroatoms. The second-order valence-corrected chi connectivity index (χ2v) is 3.89. The van der Waals surface area contributed by atoms with Crippen molar-refractivity contribution < 1.29 is 0 Å². The molecule has 0 aromatic carbocycles. The van der Waals surface area contributed by atoms with Crippen molar-refractivity contribution in [3.8, 4) is 0 Å². The Morgan fingerprint density at radius 1 is 1.53 bits per heavy atom. The van der Waals surface area contributed by atoms with Crippen LogP contribution >= 0.6 is 12.2 Å². The number of hydrogen-bond donors (Lipinski definition) is 1. The Hall–Kier alpha value is -1.43. The maximum absolute atomic E-state index is 5.12. The van der Waals surface area contributed by atoms with Crippen LogP contribution in [0.25, 0.3) is 0 Å². The Bertz CT molecular complexity index is 507. The molecule has 0 aliphatic heterocycles. The number of rotatable bonds is 3. The summed E-state index contributed by atoms with van der Waals surface area (Å²) >= 11 is 5.12. The van der Waals surface area contributed by atoms with Gasteiger partial charge in [-0.1, -0.05) is 0 Å². The van der Waals surface area contributed by atoms with E-state index in [1.54, 1.807) is 4.68 Å². The summed E-state index contributed by atoms with van der Waals surface area (Å²) in [4.78, 5) is 0. The Balaban J connectivity index is 2.08. The highest BCUT2D eigenvalue weighted by Gasteiger charge is 2.02. The fourth-order valence-electron chi connectivity index (χ4n) is 1.50. The van der Waals surface area contributed by atoms with Crippen molar-refractivity contribution in [1.82, 2.24) is 24.5 Å². The molecule has 2 aromatic heterocycles. The van der Waals surface area contributed by atoms with Crippen molar-refractivity contribution >= 4 is 12.2 Å². The minimum absolute atomic E-state index is 0.677. The van der Waals surface area contributed by atoms with Crippen LogP contribution in [0, 0.1) is 11.7 Å². The summed E-state index contributed by atoms with van der Waals surface area (Å²) < 4.78 is 4.47. The molecule has 0 unspecified atom stereocenters. The van der Waals surface area contributed by atoms with Crippen LogP contribution in [-0.2, 0) is 20.0 Å². The molecule has 0 spiro atoms. The van der Waals surface area contributed by atoms with Gasteiger partial charge in [-0.2, -0.15) is 10.2 Å². The maximum Gasteiger partial charge on any atom is 0.195 e. The number of nitrogens with one attached hydrogen (secondary N) is 1. The van der Waals surface area contributed by atoms with E-state index in [4.69, 9.17) is 12.2 Å². The van der Waals surface area contributed by atoms with Crippen LogP contribution in [-0.4, -0.2) is 24.5 Å². The third kappa shape index (κ3) is 2.15. The lowest BCUT2D eigenvalue weighted by atomic mass is 10.2. The van der Waals surface area contributed by atoms with Crippen LogP contribution in [0.5, 0.6) is 0 Å². The van der Waals surface area contributed by atoms with Crippen LogP contribution in [0.4, 0.5) is 0 Å². The molecule has 2 heterocycles. The fraction of sp³-hybridized carbons (Fsp3) is 0.444. The zero-order valence-electron chi connectivity index (χ0n) is 8.77. The zero-order valence-corrected chi connectivity index (χ0v) is 9.58. The molecule has 0 amide bonds. The molecule has 1 N–H and O–H groups in total. The molecule has 0 bridgehead atoms. The van der Waals surface area contributed by atoms with E-state index in [-0.39, 0.29) is 0 Å². The average Bonchev–Trinajstić information content (AvgIpc) is 2.73. The van der Waals surface area contributed by atoms with E-state index in [0.29, 0.717) is 4.77 Å². The molecule has 0 atom stereocenters. The number of nitrogens with zero attached hydrogens (tertiary/aromatic N) is 4. The maximum atomic E-state index is 5.12. The van der Waals surface area contributed by atoms with Gasteiger partial charge in [0.1, 0.15) is 5.82 Å². The van der Waals surface area contributed by atoms with Crippen LogP contribution in [0.3, 0.4) is 0 Å². The molecule has 0 aliphatic carbocycles. The van der Waals surface area contributed by atoms with E-state index in [1.165, 1.54) is 5.56 Å². The predicted octanol–water partition coefficient (Wildman–Crippen LogP) is 1.23.